The molecule has 4 aromatic rings. The Morgan fingerprint density at radius 2 is 0.688 bits per heavy atom. The van der Waals surface area contributed by atoms with Crippen LogP contribution in [0.4, 0.5) is 0 Å². The largest absolute Gasteiger partial charge is 0.508 e. The van der Waals surface area contributed by atoms with Gasteiger partial charge in [0.2, 0.25) is 0 Å². The van der Waals surface area contributed by atoms with Gasteiger partial charge in [0.05, 0.1) is 26.7 Å². The highest BCUT2D eigenvalue weighted by molar-refractivity contribution is 5.61. The van der Waals surface area contributed by atoms with Crippen LogP contribution in [0.15, 0.2) is 97.1 Å². The first-order chi connectivity index (χ1) is 15.6. The Hall–Kier alpha value is -3.92. The summed E-state index contributed by atoms with van der Waals surface area (Å²) in [5.74, 6) is 2.59. The van der Waals surface area contributed by atoms with Gasteiger partial charge in [0.25, 0.3) is 0 Å². The molecule has 1 N–H and O–H groups in total. The number of hydrogen-bond acceptors (Lipinski definition) is 4. The molecule has 0 radical (unpaired) electrons. The van der Waals surface area contributed by atoms with Crippen LogP contribution in [0.2, 0.25) is 0 Å². The van der Waals surface area contributed by atoms with Gasteiger partial charge in [0.1, 0.15) is 23.0 Å². The summed E-state index contributed by atoms with van der Waals surface area (Å²) in [6.07, 6.45) is 0. The highest BCUT2D eigenvalue weighted by Gasteiger charge is 2.38. The molecule has 4 rings (SSSR count). The third-order valence-corrected chi connectivity index (χ3v) is 5.87. The lowest BCUT2D eigenvalue weighted by Gasteiger charge is -2.37. The summed E-state index contributed by atoms with van der Waals surface area (Å²) in [6, 6.07) is 31.7. The maximum atomic E-state index is 9.99. The topological polar surface area (TPSA) is 47.9 Å². The smallest absolute Gasteiger partial charge is 0.118 e. The molecule has 4 nitrogen and oxygen atoms in total. The second kappa shape index (κ2) is 9.06. The summed E-state index contributed by atoms with van der Waals surface area (Å²) >= 11 is 0. The lowest BCUT2D eigenvalue weighted by molar-refractivity contribution is 0.414. The zero-order chi connectivity index (χ0) is 22.6. The van der Waals surface area contributed by atoms with Crippen molar-refractivity contribution in [1.29, 1.82) is 0 Å². The van der Waals surface area contributed by atoms with E-state index in [9.17, 15) is 5.11 Å². The monoisotopic (exact) mass is 426 g/mol. The fraction of sp³-hybridized carbons (Fsp3) is 0.143. The van der Waals surface area contributed by atoms with Crippen LogP contribution in [0.3, 0.4) is 0 Å². The third kappa shape index (κ3) is 3.76. The van der Waals surface area contributed by atoms with Crippen molar-refractivity contribution < 1.29 is 19.3 Å². The van der Waals surface area contributed by atoms with Crippen molar-refractivity contribution in [3.05, 3.63) is 119 Å². The van der Waals surface area contributed by atoms with Gasteiger partial charge in [-0.3, -0.25) is 0 Å². The molecule has 0 saturated heterocycles. The Bertz CT molecular complexity index is 1030. The summed E-state index contributed by atoms with van der Waals surface area (Å²) in [7, 11) is 4.99. The molecule has 0 bridgehead atoms. The van der Waals surface area contributed by atoms with Crippen molar-refractivity contribution in [3.8, 4) is 23.0 Å². The van der Waals surface area contributed by atoms with Gasteiger partial charge >= 0.3 is 0 Å². The lowest BCUT2D eigenvalue weighted by Crippen LogP contribution is -2.31. The number of methoxy groups -OCH3 is 3. The molecular formula is C28H26O4. The Morgan fingerprint density at radius 1 is 0.438 bits per heavy atom. The molecule has 0 fully saturated rings. The Kier molecular flexibility index (Phi) is 6.04. The molecule has 0 aromatic heterocycles. The van der Waals surface area contributed by atoms with Gasteiger partial charge in [-0.15, -0.1) is 0 Å². The molecule has 4 aromatic carbocycles. The third-order valence-electron chi connectivity index (χ3n) is 5.87. The average Bonchev–Trinajstić information content (AvgIpc) is 2.86. The predicted molar refractivity (Wildman–Crippen MR) is 126 cm³/mol. The molecule has 0 aliphatic carbocycles. The summed E-state index contributed by atoms with van der Waals surface area (Å²) in [6.45, 7) is 0. The fourth-order valence-corrected chi connectivity index (χ4v) is 4.23. The van der Waals surface area contributed by atoms with Crippen LogP contribution >= 0.6 is 0 Å². The van der Waals surface area contributed by atoms with E-state index >= 15 is 0 Å². The molecule has 32 heavy (non-hydrogen) atoms. The number of hydrogen-bond donors (Lipinski definition) is 1. The second-order valence-electron chi connectivity index (χ2n) is 7.48. The van der Waals surface area contributed by atoms with Crippen molar-refractivity contribution in [2.45, 2.75) is 5.41 Å². The van der Waals surface area contributed by atoms with Crippen molar-refractivity contribution in [1.82, 2.24) is 0 Å². The van der Waals surface area contributed by atoms with Gasteiger partial charge in [-0.05, 0) is 70.8 Å². The Labute approximate surface area is 188 Å². The van der Waals surface area contributed by atoms with Gasteiger partial charge in [0.15, 0.2) is 0 Å². The molecule has 0 heterocycles. The Balaban J connectivity index is 2.06. The SMILES string of the molecule is COc1ccc(C(c2ccc(O)cc2)(c2ccc(OC)cc2)c2ccc(OC)cc2)cc1. The zero-order valence-corrected chi connectivity index (χ0v) is 18.4. The maximum Gasteiger partial charge on any atom is 0.118 e. The summed E-state index contributed by atoms with van der Waals surface area (Å²) in [5.41, 5.74) is 3.59. The van der Waals surface area contributed by atoms with Crippen LogP contribution in [0.25, 0.3) is 0 Å². The number of rotatable bonds is 7. The molecule has 0 atom stereocenters. The standard InChI is InChI=1S/C28H26O4/c1-30-25-14-6-21(7-15-25)28(20-4-12-24(29)13-5-20,22-8-16-26(31-2)17-9-22)23-10-18-27(32-3)19-11-23/h4-19,29H,1-3H3. The summed E-state index contributed by atoms with van der Waals surface area (Å²) in [4.78, 5) is 0. The molecule has 0 unspecified atom stereocenters. The highest BCUT2D eigenvalue weighted by Crippen LogP contribution is 2.46. The van der Waals surface area contributed by atoms with E-state index in [1.54, 1.807) is 33.5 Å². The lowest BCUT2D eigenvalue weighted by atomic mass is 9.65. The molecule has 0 saturated carbocycles. The first-order valence-corrected chi connectivity index (χ1v) is 10.3. The second-order valence-corrected chi connectivity index (χ2v) is 7.48. The van der Waals surface area contributed by atoms with Crippen LogP contribution in [-0.4, -0.2) is 26.4 Å². The van der Waals surface area contributed by atoms with E-state index in [0.29, 0.717) is 0 Å². The van der Waals surface area contributed by atoms with Crippen molar-refractivity contribution in [2.75, 3.05) is 21.3 Å². The van der Waals surface area contributed by atoms with E-state index in [2.05, 4.69) is 36.4 Å². The van der Waals surface area contributed by atoms with Crippen LogP contribution in [-0.2, 0) is 5.41 Å². The molecular weight excluding hydrogens is 400 g/mol. The molecule has 0 spiro atoms. The van der Waals surface area contributed by atoms with E-state index in [4.69, 9.17) is 14.2 Å². The van der Waals surface area contributed by atoms with Crippen molar-refractivity contribution in [2.24, 2.45) is 0 Å². The number of aromatic hydroxyl groups is 1. The van der Waals surface area contributed by atoms with Gasteiger partial charge in [-0.2, -0.15) is 0 Å². The van der Waals surface area contributed by atoms with Crippen LogP contribution in [0.5, 0.6) is 23.0 Å². The normalized spacial score (nSPS) is 11.1. The maximum absolute atomic E-state index is 9.99. The van der Waals surface area contributed by atoms with Gasteiger partial charge in [-0.1, -0.05) is 48.5 Å². The molecule has 0 amide bonds. The number of ether oxygens (including phenoxy) is 3. The van der Waals surface area contributed by atoms with Gasteiger partial charge in [-0.25, -0.2) is 0 Å². The summed E-state index contributed by atoms with van der Waals surface area (Å²) in [5, 5.41) is 9.99. The van der Waals surface area contributed by atoms with E-state index in [1.807, 2.05) is 48.5 Å². The molecule has 162 valence electrons. The van der Waals surface area contributed by atoms with Crippen LogP contribution in [0, 0.1) is 0 Å². The van der Waals surface area contributed by atoms with Crippen LogP contribution in [0.1, 0.15) is 22.3 Å². The van der Waals surface area contributed by atoms with E-state index in [-0.39, 0.29) is 5.75 Å². The minimum atomic E-state index is -0.640. The minimum absolute atomic E-state index is 0.224. The molecule has 0 aliphatic rings. The van der Waals surface area contributed by atoms with Crippen molar-refractivity contribution in [3.63, 3.8) is 0 Å². The number of benzene rings is 4. The van der Waals surface area contributed by atoms with Gasteiger partial charge in [0, 0.05) is 0 Å². The molecule has 0 aliphatic heterocycles. The Morgan fingerprint density at radius 3 is 0.938 bits per heavy atom. The zero-order valence-electron chi connectivity index (χ0n) is 18.4. The number of phenolic OH excluding ortho intramolecular Hbond substituents is 1. The van der Waals surface area contributed by atoms with E-state index < -0.39 is 5.41 Å². The summed E-state index contributed by atoms with van der Waals surface area (Å²) < 4.78 is 16.2. The first kappa shape index (κ1) is 21.3. The highest BCUT2D eigenvalue weighted by atomic mass is 16.5. The fourth-order valence-electron chi connectivity index (χ4n) is 4.23. The van der Waals surface area contributed by atoms with E-state index in [0.717, 1.165) is 39.5 Å². The quantitative estimate of drug-likeness (QED) is 0.380. The van der Waals surface area contributed by atoms with Crippen LogP contribution < -0.4 is 14.2 Å². The minimum Gasteiger partial charge on any atom is -0.508 e. The molecule has 4 heteroatoms. The predicted octanol–water partition coefficient (Wildman–Crippen LogP) is 5.80. The average molecular weight is 427 g/mol. The van der Waals surface area contributed by atoms with Gasteiger partial charge < -0.3 is 19.3 Å². The van der Waals surface area contributed by atoms with E-state index in [1.165, 1.54) is 0 Å². The first-order valence-electron chi connectivity index (χ1n) is 10.3. The van der Waals surface area contributed by atoms with Crippen molar-refractivity contribution >= 4 is 0 Å². The number of phenols is 1.